The number of esters is 1. The Bertz CT molecular complexity index is 427. The van der Waals surface area contributed by atoms with Crippen LogP contribution in [0.1, 0.15) is 48.5 Å². The zero-order valence-corrected chi connectivity index (χ0v) is 9.03. The predicted octanol–water partition coefficient (Wildman–Crippen LogP) is 2.37. The second-order valence-corrected chi connectivity index (χ2v) is 4.03. The molecule has 0 radical (unpaired) electrons. The third-order valence-corrected chi connectivity index (χ3v) is 2.29. The van der Waals surface area contributed by atoms with Crippen LogP contribution < -0.4 is 0 Å². The molecule has 0 spiro atoms. The maximum atomic E-state index is 11.5. The molecule has 0 saturated heterocycles. The number of ether oxygens (including phenoxy) is 1. The molecule has 1 atom stereocenters. The molecule has 2 rings (SSSR count). The summed E-state index contributed by atoms with van der Waals surface area (Å²) in [6.45, 7) is 6.20. The minimum absolute atomic E-state index is 0.0875. The zero-order chi connectivity index (χ0) is 11.0. The minimum Gasteiger partial charge on any atom is -0.461 e. The summed E-state index contributed by atoms with van der Waals surface area (Å²) in [6, 6.07) is 0. The fraction of sp³-hybridized carbons (Fsp3) is 0.455. The molecule has 1 aliphatic rings. The van der Waals surface area contributed by atoms with Gasteiger partial charge in [-0.2, -0.15) is 0 Å². The number of cyclic esters (lactones) is 1. The van der Waals surface area contributed by atoms with Gasteiger partial charge in [0.2, 0.25) is 0 Å². The lowest BCUT2D eigenvalue weighted by atomic mass is 10.0. The van der Waals surface area contributed by atoms with E-state index in [-0.39, 0.29) is 11.9 Å². The number of hydrogen-bond donors (Lipinski definition) is 0. The molecule has 1 aromatic heterocycles. The minimum atomic E-state index is -0.336. The van der Waals surface area contributed by atoms with E-state index in [1.807, 2.05) is 26.8 Å². The van der Waals surface area contributed by atoms with Gasteiger partial charge in [-0.1, -0.05) is 17.7 Å². The summed E-state index contributed by atoms with van der Waals surface area (Å²) < 4.78 is 10.2. The monoisotopic (exact) mass is 207 g/mol. The van der Waals surface area contributed by atoms with Gasteiger partial charge in [-0.3, -0.25) is 0 Å². The quantitative estimate of drug-likeness (QED) is 0.663. The van der Waals surface area contributed by atoms with Crippen molar-refractivity contribution >= 4 is 12.0 Å². The average Bonchev–Trinajstić information content (AvgIpc) is 2.56. The van der Waals surface area contributed by atoms with Crippen LogP contribution in [0.4, 0.5) is 0 Å². The molecule has 0 saturated carbocycles. The van der Waals surface area contributed by atoms with E-state index in [9.17, 15) is 4.79 Å². The normalized spacial score (nSPS) is 19.4. The summed E-state index contributed by atoms with van der Waals surface area (Å²) in [4.78, 5) is 11.5. The summed E-state index contributed by atoms with van der Waals surface area (Å²) in [7, 11) is 0. The summed E-state index contributed by atoms with van der Waals surface area (Å²) in [6.07, 6.45) is 1.82. The largest absolute Gasteiger partial charge is 0.461 e. The fourth-order valence-corrected chi connectivity index (χ4v) is 1.58. The number of fused-ring (bicyclic) bond motifs is 1. The Balaban J connectivity index is 2.52. The van der Waals surface area contributed by atoms with Gasteiger partial charge in [0.25, 0.3) is 0 Å². The summed E-state index contributed by atoms with van der Waals surface area (Å²) in [5, 5.41) is 3.89. The summed E-state index contributed by atoms with van der Waals surface area (Å²) in [5.74, 6) is 0.389. The topological polar surface area (TPSA) is 52.3 Å². The molecule has 1 aromatic rings. The van der Waals surface area contributed by atoms with Gasteiger partial charge in [0, 0.05) is 0 Å². The van der Waals surface area contributed by atoms with Gasteiger partial charge < -0.3 is 9.26 Å². The number of carbonyl (C=O) groups is 1. The number of hydrogen-bond acceptors (Lipinski definition) is 4. The highest BCUT2D eigenvalue weighted by atomic mass is 16.5. The summed E-state index contributed by atoms with van der Waals surface area (Å²) in [5.41, 5.74) is 2.12. The molecule has 4 heteroatoms. The molecule has 0 bridgehead atoms. The number of aromatic nitrogens is 1. The van der Waals surface area contributed by atoms with Crippen LogP contribution in [0.3, 0.4) is 0 Å². The summed E-state index contributed by atoms with van der Waals surface area (Å²) >= 11 is 0. The van der Waals surface area contributed by atoms with E-state index in [2.05, 4.69) is 5.16 Å². The van der Waals surface area contributed by atoms with Crippen molar-refractivity contribution in [2.24, 2.45) is 0 Å². The van der Waals surface area contributed by atoms with E-state index < -0.39 is 0 Å². The highest BCUT2D eigenvalue weighted by molar-refractivity contribution is 5.95. The molecule has 4 nitrogen and oxygen atoms in total. The van der Waals surface area contributed by atoms with Crippen LogP contribution in [0, 0.1) is 0 Å². The third kappa shape index (κ3) is 1.67. The lowest BCUT2D eigenvalue weighted by Crippen LogP contribution is -2.19. The van der Waals surface area contributed by atoms with Crippen molar-refractivity contribution in [3.8, 4) is 0 Å². The Hall–Kier alpha value is -1.58. The van der Waals surface area contributed by atoms with Gasteiger partial charge in [-0.25, -0.2) is 4.79 Å². The average molecular weight is 207 g/mol. The highest BCUT2D eigenvalue weighted by Crippen LogP contribution is 2.29. The Kier molecular flexibility index (Phi) is 2.34. The van der Waals surface area contributed by atoms with Gasteiger partial charge >= 0.3 is 5.97 Å². The Morgan fingerprint density at radius 3 is 2.93 bits per heavy atom. The van der Waals surface area contributed by atoms with Crippen molar-refractivity contribution in [1.82, 2.24) is 5.16 Å². The molecule has 80 valence electrons. The molecule has 0 aliphatic carbocycles. The Labute approximate surface area is 87.9 Å². The fourth-order valence-electron chi connectivity index (χ4n) is 1.58. The van der Waals surface area contributed by atoms with Crippen molar-refractivity contribution in [1.29, 1.82) is 0 Å². The molecule has 0 fully saturated rings. The zero-order valence-electron chi connectivity index (χ0n) is 9.03. The van der Waals surface area contributed by atoms with E-state index in [1.165, 1.54) is 0 Å². The lowest BCUT2D eigenvalue weighted by Gasteiger charge is -2.15. The van der Waals surface area contributed by atoms with Crippen LogP contribution >= 0.6 is 0 Å². The maximum Gasteiger partial charge on any atom is 0.344 e. The standard InChI is InChI=1S/C11H13NO3/c1-6(2)4-8-9-10(15-12-8)7(3)5-14-11(9)13/h4,7H,5H2,1-3H3. The van der Waals surface area contributed by atoms with Crippen molar-refractivity contribution < 1.29 is 14.1 Å². The molecule has 1 unspecified atom stereocenters. The van der Waals surface area contributed by atoms with E-state index in [4.69, 9.17) is 9.26 Å². The molecule has 0 amide bonds. The molecule has 0 N–H and O–H groups in total. The van der Waals surface area contributed by atoms with Crippen molar-refractivity contribution in [3.63, 3.8) is 0 Å². The van der Waals surface area contributed by atoms with Crippen LogP contribution in [0.5, 0.6) is 0 Å². The number of allylic oxidation sites excluding steroid dienone is 1. The molecule has 1 aliphatic heterocycles. The van der Waals surface area contributed by atoms with Gasteiger partial charge in [0.1, 0.15) is 17.9 Å². The SMILES string of the molecule is CC(C)=Cc1noc2c1C(=O)OCC2C. The van der Waals surface area contributed by atoms with Crippen LogP contribution in [-0.2, 0) is 4.74 Å². The molecular formula is C11H13NO3. The van der Waals surface area contributed by atoms with Gasteiger partial charge in [-0.15, -0.1) is 0 Å². The lowest BCUT2D eigenvalue weighted by molar-refractivity contribution is 0.0429. The smallest absolute Gasteiger partial charge is 0.344 e. The second-order valence-electron chi connectivity index (χ2n) is 4.03. The van der Waals surface area contributed by atoms with Crippen LogP contribution in [0.15, 0.2) is 10.1 Å². The first-order valence-electron chi connectivity index (χ1n) is 4.91. The first-order chi connectivity index (χ1) is 7.09. The van der Waals surface area contributed by atoms with Crippen molar-refractivity contribution in [3.05, 3.63) is 22.6 Å². The van der Waals surface area contributed by atoms with Crippen LogP contribution in [-0.4, -0.2) is 17.7 Å². The van der Waals surface area contributed by atoms with E-state index in [0.717, 1.165) is 5.57 Å². The van der Waals surface area contributed by atoms with Crippen LogP contribution in [0.2, 0.25) is 0 Å². The van der Waals surface area contributed by atoms with Gasteiger partial charge in [0.15, 0.2) is 5.76 Å². The first-order valence-corrected chi connectivity index (χ1v) is 4.91. The molecule has 0 aromatic carbocycles. The number of rotatable bonds is 1. The first kappa shape index (κ1) is 9.96. The van der Waals surface area contributed by atoms with E-state index in [0.29, 0.717) is 23.6 Å². The van der Waals surface area contributed by atoms with Gasteiger partial charge in [0.05, 0.1) is 5.92 Å². The Morgan fingerprint density at radius 1 is 1.53 bits per heavy atom. The predicted molar refractivity (Wildman–Crippen MR) is 54.5 cm³/mol. The highest BCUT2D eigenvalue weighted by Gasteiger charge is 2.31. The second kappa shape index (κ2) is 3.53. The Morgan fingerprint density at radius 2 is 2.27 bits per heavy atom. The molecular weight excluding hydrogens is 194 g/mol. The van der Waals surface area contributed by atoms with Gasteiger partial charge in [-0.05, 0) is 19.9 Å². The number of carbonyl (C=O) groups excluding carboxylic acids is 1. The van der Waals surface area contributed by atoms with E-state index in [1.54, 1.807) is 0 Å². The number of nitrogens with zero attached hydrogens (tertiary/aromatic N) is 1. The van der Waals surface area contributed by atoms with E-state index >= 15 is 0 Å². The molecule has 15 heavy (non-hydrogen) atoms. The van der Waals surface area contributed by atoms with Crippen molar-refractivity contribution in [2.45, 2.75) is 26.7 Å². The van der Waals surface area contributed by atoms with Crippen LogP contribution in [0.25, 0.3) is 6.08 Å². The third-order valence-electron chi connectivity index (χ3n) is 2.29. The maximum absolute atomic E-state index is 11.5. The molecule has 2 heterocycles. The van der Waals surface area contributed by atoms with Crippen molar-refractivity contribution in [2.75, 3.05) is 6.61 Å².